The summed E-state index contributed by atoms with van der Waals surface area (Å²) in [6, 6.07) is 15.6. The molecule has 152 valence electrons. The van der Waals surface area contributed by atoms with Gasteiger partial charge in [0.15, 0.2) is 0 Å². The lowest BCUT2D eigenvalue weighted by molar-refractivity contribution is 0.148. The minimum absolute atomic E-state index is 0.441. The van der Waals surface area contributed by atoms with E-state index in [9.17, 15) is 0 Å². The van der Waals surface area contributed by atoms with Gasteiger partial charge in [-0.2, -0.15) is 0 Å². The Hall–Kier alpha value is -2.12. The highest BCUT2D eigenvalue weighted by Crippen LogP contribution is 2.30. The number of hydroxylamine groups is 2. The average Bonchev–Trinajstić information content (AvgIpc) is 2.74. The molecule has 0 amide bonds. The Bertz CT molecular complexity index is 621. The van der Waals surface area contributed by atoms with Gasteiger partial charge in [-0.3, -0.25) is 0 Å². The van der Waals surface area contributed by atoms with E-state index < -0.39 is 0 Å². The minimum atomic E-state index is 0.441. The van der Waals surface area contributed by atoms with Crippen LogP contribution in [0.15, 0.2) is 48.5 Å². The smallest absolute Gasteiger partial charge is 0.119 e. The maximum Gasteiger partial charge on any atom is 0.119 e. The van der Waals surface area contributed by atoms with E-state index in [2.05, 4.69) is 11.0 Å². The number of rotatable bonds is 10. The van der Waals surface area contributed by atoms with Gasteiger partial charge >= 0.3 is 0 Å². The predicted octanol–water partition coefficient (Wildman–Crippen LogP) is 3.91. The van der Waals surface area contributed by atoms with Gasteiger partial charge in [-0.15, -0.1) is 0 Å². The second-order valence-electron chi connectivity index (χ2n) is 7.47. The summed E-state index contributed by atoms with van der Waals surface area (Å²) in [6.45, 7) is 2.39. The Morgan fingerprint density at radius 3 is 1.32 bits per heavy atom. The Morgan fingerprint density at radius 1 is 0.643 bits per heavy atom. The Kier molecular flexibility index (Phi) is 8.11. The first-order valence-electron chi connectivity index (χ1n) is 9.94. The fraction of sp³-hybridized carbons (Fsp3) is 0.455. The second kappa shape index (κ2) is 11.0. The number of hydrogen-bond donors (Lipinski definition) is 4. The Balaban J connectivity index is 1.34. The zero-order valence-electron chi connectivity index (χ0n) is 16.1. The Morgan fingerprint density at radius 2 is 1.00 bits per heavy atom. The number of benzene rings is 2. The molecule has 3 rings (SSSR count). The normalized spacial score (nSPS) is 19.4. The monoisotopic (exact) mass is 386 g/mol. The van der Waals surface area contributed by atoms with E-state index in [1.54, 1.807) is 0 Å². The van der Waals surface area contributed by atoms with Crippen LogP contribution in [0, 0.1) is 11.8 Å². The Labute approximate surface area is 166 Å². The molecule has 0 aromatic heterocycles. The third-order valence-corrected chi connectivity index (χ3v) is 5.35. The van der Waals surface area contributed by atoms with Gasteiger partial charge in [0.05, 0.1) is 13.2 Å². The minimum Gasteiger partial charge on any atom is -0.493 e. The number of hydrogen-bond acceptors (Lipinski definition) is 6. The van der Waals surface area contributed by atoms with Crippen LogP contribution in [0.5, 0.6) is 11.5 Å². The van der Waals surface area contributed by atoms with E-state index in [1.807, 2.05) is 48.5 Å². The van der Waals surface area contributed by atoms with Crippen LogP contribution in [-0.2, 0) is 13.1 Å². The SMILES string of the molecule is ONCc1ccc(OCC2CCC(COc3ccc(CNO)cc3)CC2)cc1. The molecular formula is C22H30N2O4. The van der Waals surface area contributed by atoms with Gasteiger partial charge in [-0.1, -0.05) is 24.3 Å². The summed E-state index contributed by atoms with van der Waals surface area (Å²) in [5.74, 6) is 2.96. The van der Waals surface area contributed by atoms with Gasteiger partial charge in [0.2, 0.25) is 0 Å². The van der Waals surface area contributed by atoms with Crippen LogP contribution in [0.25, 0.3) is 0 Å². The van der Waals surface area contributed by atoms with Crippen molar-refractivity contribution in [3.8, 4) is 11.5 Å². The molecule has 0 aliphatic heterocycles. The maximum atomic E-state index is 8.72. The topological polar surface area (TPSA) is 83.0 Å². The molecule has 0 saturated heterocycles. The molecule has 1 saturated carbocycles. The highest BCUT2D eigenvalue weighted by Gasteiger charge is 2.22. The molecule has 1 aliphatic rings. The largest absolute Gasteiger partial charge is 0.493 e. The predicted molar refractivity (Wildman–Crippen MR) is 107 cm³/mol. The molecule has 1 aliphatic carbocycles. The van der Waals surface area contributed by atoms with Crippen LogP contribution in [0.1, 0.15) is 36.8 Å². The van der Waals surface area contributed by atoms with Crippen molar-refractivity contribution in [3.05, 3.63) is 59.7 Å². The molecule has 6 nitrogen and oxygen atoms in total. The molecule has 0 atom stereocenters. The first-order chi connectivity index (χ1) is 13.8. The first kappa shape index (κ1) is 20.6. The lowest BCUT2D eigenvalue weighted by Gasteiger charge is -2.28. The molecule has 0 unspecified atom stereocenters. The molecule has 2 aromatic carbocycles. The van der Waals surface area contributed by atoms with Gasteiger partial charge in [0.1, 0.15) is 11.5 Å². The van der Waals surface area contributed by atoms with E-state index >= 15 is 0 Å². The highest BCUT2D eigenvalue weighted by molar-refractivity contribution is 5.27. The third kappa shape index (κ3) is 6.49. The summed E-state index contributed by atoms with van der Waals surface area (Å²) in [6.07, 6.45) is 4.67. The van der Waals surface area contributed by atoms with Crippen molar-refractivity contribution in [2.45, 2.75) is 38.8 Å². The van der Waals surface area contributed by atoms with E-state index in [1.165, 1.54) is 25.7 Å². The van der Waals surface area contributed by atoms with Crippen molar-refractivity contribution in [1.29, 1.82) is 0 Å². The van der Waals surface area contributed by atoms with E-state index in [4.69, 9.17) is 19.9 Å². The molecule has 28 heavy (non-hydrogen) atoms. The van der Waals surface area contributed by atoms with Crippen molar-refractivity contribution in [1.82, 2.24) is 11.0 Å². The molecule has 4 N–H and O–H groups in total. The van der Waals surface area contributed by atoms with Gasteiger partial charge in [0, 0.05) is 13.1 Å². The van der Waals surface area contributed by atoms with Crippen molar-refractivity contribution >= 4 is 0 Å². The molecule has 6 heteroatoms. The summed E-state index contributed by atoms with van der Waals surface area (Å²) >= 11 is 0. The van der Waals surface area contributed by atoms with Crippen molar-refractivity contribution < 1.29 is 19.9 Å². The quantitative estimate of drug-likeness (QED) is 0.464. The van der Waals surface area contributed by atoms with Crippen LogP contribution in [0.2, 0.25) is 0 Å². The maximum absolute atomic E-state index is 8.72. The van der Waals surface area contributed by atoms with Crippen molar-refractivity contribution in [2.24, 2.45) is 11.8 Å². The summed E-state index contributed by atoms with van der Waals surface area (Å²) < 4.78 is 11.9. The molecule has 2 aromatic rings. The molecule has 0 spiro atoms. The summed E-state index contributed by atoms with van der Waals surface area (Å²) in [7, 11) is 0. The van der Waals surface area contributed by atoms with Crippen LogP contribution in [0.4, 0.5) is 0 Å². The van der Waals surface area contributed by atoms with Crippen LogP contribution < -0.4 is 20.4 Å². The molecule has 1 fully saturated rings. The van der Waals surface area contributed by atoms with Gasteiger partial charge in [-0.05, 0) is 72.9 Å². The molecule has 0 bridgehead atoms. The van der Waals surface area contributed by atoms with Gasteiger partial charge in [0.25, 0.3) is 0 Å². The zero-order valence-corrected chi connectivity index (χ0v) is 16.1. The molecule has 0 heterocycles. The van der Waals surface area contributed by atoms with Gasteiger partial charge in [-0.25, -0.2) is 11.0 Å². The van der Waals surface area contributed by atoms with Crippen molar-refractivity contribution in [3.63, 3.8) is 0 Å². The third-order valence-electron chi connectivity index (χ3n) is 5.35. The lowest BCUT2D eigenvalue weighted by atomic mass is 9.83. The van der Waals surface area contributed by atoms with E-state index in [-0.39, 0.29) is 0 Å². The summed E-state index contributed by atoms with van der Waals surface area (Å²) in [4.78, 5) is 0. The zero-order chi connectivity index (χ0) is 19.6. The fourth-order valence-electron chi connectivity index (χ4n) is 3.58. The van der Waals surface area contributed by atoms with Crippen LogP contribution >= 0.6 is 0 Å². The number of nitrogens with one attached hydrogen (secondary N) is 2. The fourth-order valence-corrected chi connectivity index (χ4v) is 3.58. The van der Waals surface area contributed by atoms with Crippen molar-refractivity contribution in [2.75, 3.05) is 13.2 Å². The molecular weight excluding hydrogens is 356 g/mol. The average molecular weight is 386 g/mol. The number of ether oxygens (including phenoxy) is 2. The van der Waals surface area contributed by atoms with Gasteiger partial charge < -0.3 is 19.9 Å². The summed E-state index contributed by atoms with van der Waals surface area (Å²) in [5.41, 5.74) is 6.36. The molecule has 0 radical (unpaired) electrons. The van der Waals surface area contributed by atoms with E-state index in [0.29, 0.717) is 24.9 Å². The lowest BCUT2D eigenvalue weighted by Crippen LogP contribution is -2.23. The standard InChI is InChI=1S/C22H30N2O4/c25-23-13-17-5-9-21(10-6-17)27-15-19-1-2-20(4-3-19)16-28-22-11-7-18(8-12-22)14-24-26/h5-12,19-20,23-26H,1-4,13-16H2. The van der Waals surface area contributed by atoms with Crippen LogP contribution in [-0.4, -0.2) is 23.6 Å². The second-order valence-corrected chi connectivity index (χ2v) is 7.47. The highest BCUT2D eigenvalue weighted by atomic mass is 16.5. The van der Waals surface area contributed by atoms with Crippen LogP contribution in [0.3, 0.4) is 0 Å². The first-order valence-corrected chi connectivity index (χ1v) is 9.94. The summed E-state index contributed by atoms with van der Waals surface area (Å²) in [5, 5.41) is 17.4. The van der Waals surface area contributed by atoms with E-state index in [0.717, 1.165) is 35.8 Å².